The van der Waals surface area contributed by atoms with Crippen LogP contribution in [0.15, 0.2) is 54.9 Å². The van der Waals surface area contributed by atoms with E-state index in [1.807, 2.05) is 12.4 Å². The number of benzene rings is 2. The van der Waals surface area contributed by atoms with Gasteiger partial charge in [-0.3, -0.25) is 0 Å². The number of pyridine rings is 1. The minimum Gasteiger partial charge on any atom is -0.388 e. The molecule has 0 amide bonds. The third-order valence-electron chi connectivity index (χ3n) is 8.28. The Hall–Kier alpha value is -3.19. The Kier molecular flexibility index (Phi) is 6.27. The highest BCUT2D eigenvalue weighted by Crippen LogP contribution is 2.36. The molecule has 2 fully saturated rings. The van der Waals surface area contributed by atoms with Crippen molar-refractivity contribution in [3.63, 3.8) is 0 Å². The average Bonchev–Trinajstić information content (AvgIpc) is 3.30. The molecule has 2 aromatic carbocycles. The predicted molar refractivity (Wildman–Crippen MR) is 152 cm³/mol. The Morgan fingerprint density at radius 3 is 2.19 bits per heavy atom. The number of hydrogen-bond acceptors (Lipinski definition) is 5. The Morgan fingerprint density at radius 1 is 0.865 bits per heavy atom. The molecule has 6 heteroatoms. The molecule has 1 atom stereocenters. The number of aryl methyl sites for hydroxylation is 2. The van der Waals surface area contributed by atoms with Gasteiger partial charge >= 0.3 is 0 Å². The Bertz CT molecular complexity index is 1390. The van der Waals surface area contributed by atoms with Gasteiger partial charge in [-0.15, -0.1) is 0 Å². The second kappa shape index (κ2) is 9.60. The van der Waals surface area contributed by atoms with Crippen LogP contribution in [-0.4, -0.2) is 78.2 Å². The van der Waals surface area contributed by atoms with Gasteiger partial charge in [0, 0.05) is 79.8 Å². The van der Waals surface area contributed by atoms with Gasteiger partial charge in [0.2, 0.25) is 0 Å². The van der Waals surface area contributed by atoms with Crippen LogP contribution < -0.4 is 4.90 Å². The van der Waals surface area contributed by atoms with Crippen molar-refractivity contribution in [1.82, 2.24) is 19.8 Å². The fourth-order valence-electron chi connectivity index (χ4n) is 6.13. The first kappa shape index (κ1) is 24.2. The molecule has 2 N–H and O–H groups in total. The van der Waals surface area contributed by atoms with E-state index in [1.54, 1.807) is 0 Å². The summed E-state index contributed by atoms with van der Waals surface area (Å²) in [5.41, 5.74) is 10.5. The number of likely N-dealkylation sites (N-methyl/N-ethyl adjacent to an activating group) is 1. The SMILES string of the molecule is Cc1cc(-c2cnc3[nH]cc(-c4ccc([C@@H](O)C5CN(C)C5)cc4)c3c2)cc(C)c1N1CCN(C)CC1. The number of H-pyrrole nitrogens is 1. The Balaban J connectivity index is 1.29. The smallest absolute Gasteiger partial charge is 0.137 e. The van der Waals surface area contributed by atoms with Crippen LogP contribution in [0.25, 0.3) is 33.3 Å². The Morgan fingerprint density at radius 2 is 1.54 bits per heavy atom. The number of rotatable bonds is 5. The van der Waals surface area contributed by atoms with E-state index in [4.69, 9.17) is 4.98 Å². The van der Waals surface area contributed by atoms with Crippen LogP contribution in [0.4, 0.5) is 5.69 Å². The number of aromatic amines is 1. The molecule has 0 radical (unpaired) electrons. The van der Waals surface area contributed by atoms with E-state index in [9.17, 15) is 5.11 Å². The average molecular weight is 496 g/mol. The number of nitrogens with zero attached hydrogens (tertiary/aromatic N) is 4. The van der Waals surface area contributed by atoms with Gasteiger partial charge in [-0.1, -0.05) is 24.3 Å². The lowest BCUT2D eigenvalue weighted by molar-refractivity contribution is 0.00901. The second-order valence-electron chi connectivity index (χ2n) is 11.1. The van der Waals surface area contributed by atoms with Gasteiger partial charge in [0.25, 0.3) is 0 Å². The molecule has 0 bridgehead atoms. The summed E-state index contributed by atoms with van der Waals surface area (Å²) >= 11 is 0. The predicted octanol–water partition coefficient (Wildman–Crippen LogP) is 4.86. The van der Waals surface area contributed by atoms with Crippen LogP contribution in [-0.2, 0) is 0 Å². The minimum absolute atomic E-state index is 0.324. The summed E-state index contributed by atoms with van der Waals surface area (Å²) in [6.07, 6.45) is 3.61. The number of fused-ring (bicyclic) bond motifs is 1. The molecule has 4 aromatic rings. The number of aliphatic hydroxyl groups excluding tert-OH is 1. The molecule has 192 valence electrons. The summed E-state index contributed by atoms with van der Waals surface area (Å²) in [6, 6.07) is 15.2. The van der Waals surface area contributed by atoms with Crippen molar-refractivity contribution in [3.8, 4) is 22.3 Å². The molecule has 0 aliphatic carbocycles. The first-order valence-corrected chi connectivity index (χ1v) is 13.4. The molecule has 0 spiro atoms. The number of aromatic nitrogens is 2. The summed E-state index contributed by atoms with van der Waals surface area (Å²) < 4.78 is 0. The van der Waals surface area contributed by atoms with E-state index in [-0.39, 0.29) is 0 Å². The minimum atomic E-state index is -0.401. The topological polar surface area (TPSA) is 58.6 Å². The summed E-state index contributed by atoms with van der Waals surface area (Å²) in [6.45, 7) is 10.7. The van der Waals surface area contributed by atoms with E-state index in [1.165, 1.54) is 22.4 Å². The van der Waals surface area contributed by atoms with Gasteiger partial charge in [-0.2, -0.15) is 0 Å². The molecular formula is C31H37N5O. The van der Waals surface area contributed by atoms with Crippen molar-refractivity contribution in [2.75, 3.05) is 58.3 Å². The summed E-state index contributed by atoms with van der Waals surface area (Å²) in [7, 11) is 4.29. The first-order chi connectivity index (χ1) is 17.9. The van der Waals surface area contributed by atoms with Crippen LogP contribution in [0.1, 0.15) is 22.8 Å². The highest BCUT2D eigenvalue weighted by molar-refractivity contribution is 5.96. The monoisotopic (exact) mass is 495 g/mol. The molecule has 6 nitrogen and oxygen atoms in total. The lowest BCUT2D eigenvalue weighted by Gasteiger charge is -2.39. The molecular weight excluding hydrogens is 458 g/mol. The molecule has 4 heterocycles. The molecule has 2 aromatic heterocycles. The zero-order valence-corrected chi connectivity index (χ0v) is 22.3. The van der Waals surface area contributed by atoms with Crippen LogP contribution in [0.3, 0.4) is 0 Å². The maximum absolute atomic E-state index is 10.7. The number of likely N-dealkylation sites (tertiary alicyclic amines) is 1. The van der Waals surface area contributed by atoms with Gasteiger partial charge in [0.1, 0.15) is 5.65 Å². The van der Waals surface area contributed by atoms with Crippen molar-refractivity contribution in [1.29, 1.82) is 0 Å². The van der Waals surface area contributed by atoms with E-state index >= 15 is 0 Å². The van der Waals surface area contributed by atoms with Gasteiger partial charge in [0.05, 0.1) is 6.10 Å². The Labute approximate surface area is 219 Å². The molecule has 0 saturated carbocycles. The van der Waals surface area contributed by atoms with Crippen molar-refractivity contribution < 1.29 is 5.11 Å². The maximum atomic E-state index is 10.7. The number of aliphatic hydroxyl groups is 1. The molecule has 2 aliphatic heterocycles. The fourth-order valence-corrected chi connectivity index (χ4v) is 6.13. The number of piperazine rings is 1. The highest BCUT2D eigenvalue weighted by Gasteiger charge is 2.30. The summed E-state index contributed by atoms with van der Waals surface area (Å²) in [5, 5.41) is 11.8. The molecule has 37 heavy (non-hydrogen) atoms. The standard InChI is InChI=1S/C31H37N5O/c1-20-13-24(14-21(2)29(20)36-11-9-34(3)10-12-36)25-15-27-28(17-33-31(27)32-16-25)22-5-7-23(8-6-22)30(37)26-18-35(4)19-26/h5-8,13-17,26,30,37H,9-12,18-19H2,1-4H3,(H,32,33)/t30-/m1/s1. The number of anilines is 1. The summed E-state index contributed by atoms with van der Waals surface area (Å²) in [4.78, 5) is 15.3. The third-order valence-corrected chi connectivity index (χ3v) is 8.28. The van der Waals surface area contributed by atoms with Crippen molar-refractivity contribution >= 4 is 16.7 Å². The van der Waals surface area contributed by atoms with Crippen LogP contribution in [0.5, 0.6) is 0 Å². The molecule has 0 unspecified atom stereocenters. The van der Waals surface area contributed by atoms with Crippen molar-refractivity contribution in [2.45, 2.75) is 20.0 Å². The number of nitrogens with one attached hydrogen (secondary N) is 1. The second-order valence-corrected chi connectivity index (χ2v) is 11.1. The first-order valence-electron chi connectivity index (χ1n) is 13.4. The van der Waals surface area contributed by atoms with E-state index in [0.717, 1.165) is 72.6 Å². The van der Waals surface area contributed by atoms with Crippen LogP contribution in [0, 0.1) is 19.8 Å². The molecule has 2 saturated heterocycles. The van der Waals surface area contributed by atoms with E-state index in [2.05, 4.69) is 90.1 Å². The molecule has 2 aliphatic rings. The molecule has 6 rings (SSSR count). The van der Waals surface area contributed by atoms with Gasteiger partial charge in [-0.25, -0.2) is 4.98 Å². The lowest BCUT2D eigenvalue weighted by Crippen LogP contribution is -2.46. The van der Waals surface area contributed by atoms with Gasteiger partial charge in [0.15, 0.2) is 0 Å². The van der Waals surface area contributed by atoms with E-state index in [0.29, 0.717) is 5.92 Å². The lowest BCUT2D eigenvalue weighted by atomic mass is 9.89. The zero-order chi connectivity index (χ0) is 25.7. The van der Waals surface area contributed by atoms with Crippen molar-refractivity contribution in [3.05, 3.63) is 71.5 Å². The maximum Gasteiger partial charge on any atom is 0.137 e. The zero-order valence-electron chi connectivity index (χ0n) is 22.3. The number of hydrogen-bond donors (Lipinski definition) is 2. The van der Waals surface area contributed by atoms with Crippen LogP contribution >= 0.6 is 0 Å². The highest BCUT2D eigenvalue weighted by atomic mass is 16.3. The van der Waals surface area contributed by atoms with Gasteiger partial charge in [-0.05, 0) is 74.0 Å². The third kappa shape index (κ3) is 4.54. The van der Waals surface area contributed by atoms with Crippen LogP contribution in [0.2, 0.25) is 0 Å². The van der Waals surface area contributed by atoms with Crippen molar-refractivity contribution in [2.24, 2.45) is 5.92 Å². The largest absolute Gasteiger partial charge is 0.388 e. The summed E-state index contributed by atoms with van der Waals surface area (Å²) in [5.74, 6) is 0.324. The normalized spacial score (nSPS) is 18.4. The quantitative estimate of drug-likeness (QED) is 0.414. The van der Waals surface area contributed by atoms with E-state index < -0.39 is 6.10 Å². The fraction of sp³-hybridized carbons (Fsp3) is 0.387. The van der Waals surface area contributed by atoms with Gasteiger partial charge < -0.3 is 24.8 Å².